The average Bonchev–Trinajstić information content (AvgIpc) is 2.85. The second kappa shape index (κ2) is 7.32. The molecule has 0 aliphatic rings. The molecule has 0 atom stereocenters. The molecule has 0 unspecified atom stereocenters. The summed E-state index contributed by atoms with van der Waals surface area (Å²) in [5.74, 6) is 2.01. The topological polar surface area (TPSA) is 28.4 Å². The first-order chi connectivity index (χ1) is 10.1. The van der Waals surface area contributed by atoms with Crippen molar-refractivity contribution >= 4 is 5.69 Å². The van der Waals surface area contributed by atoms with E-state index in [1.165, 1.54) is 16.8 Å². The van der Waals surface area contributed by atoms with Gasteiger partial charge in [-0.25, -0.2) is 0 Å². The maximum absolute atomic E-state index is 5.88. The van der Waals surface area contributed by atoms with Crippen LogP contribution in [0.1, 0.15) is 36.0 Å². The van der Waals surface area contributed by atoms with Gasteiger partial charge < -0.3 is 14.6 Å². The summed E-state index contributed by atoms with van der Waals surface area (Å²) < 4.78 is 5.88. The van der Waals surface area contributed by atoms with Crippen LogP contribution in [0.3, 0.4) is 0 Å². The monoisotopic (exact) mass is 286 g/mol. The van der Waals surface area contributed by atoms with Gasteiger partial charge in [-0.3, -0.25) is 0 Å². The summed E-state index contributed by atoms with van der Waals surface area (Å²) in [5.41, 5.74) is 3.82. The number of nitrogens with zero attached hydrogens (tertiary/aromatic N) is 1. The quantitative estimate of drug-likeness (QED) is 0.779. The SMILES string of the molecule is CCCNCc1ccc(CN(C)c2cc(C)cc(C)c2)o1. The highest BCUT2D eigenvalue weighted by Gasteiger charge is 2.07. The Morgan fingerprint density at radius 1 is 1.05 bits per heavy atom. The van der Waals surface area contributed by atoms with Crippen LogP contribution in [-0.2, 0) is 13.1 Å². The van der Waals surface area contributed by atoms with Crippen LogP contribution in [0.4, 0.5) is 5.69 Å². The molecule has 3 nitrogen and oxygen atoms in total. The molecule has 1 heterocycles. The van der Waals surface area contributed by atoms with E-state index in [0.29, 0.717) is 0 Å². The van der Waals surface area contributed by atoms with Gasteiger partial charge in [0.15, 0.2) is 0 Å². The molecule has 2 aromatic rings. The van der Waals surface area contributed by atoms with Gasteiger partial charge in [0.1, 0.15) is 11.5 Å². The molecule has 21 heavy (non-hydrogen) atoms. The zero-order valence-corrected chi connectivity index (χ0v) is 13.6. The van der Waals surface area contributed by atoms with E-state index in [1.54, 1.807) is 0 Å². The minimum atomic E-state index is 0.788. The van der Waals surface area contributed by atoms with Crippen LogP contribution in [0, 0.1) is 13.8 Å². The number of benzene rings is 1. The van der Waals surface area contributed by atoms with Gasteiger partial charge in [-0.2, -0.15) is 0 Å². The molecule has 0 fully saturated rings. The smallest absolute Gasteiger partial charge is 0.123 e. The molecule has 1 aromatic carbocycles. The molecule has 114 valence electrons. The van der Waals surface area contributed by atoms with E-state index < -0.39 is 0 Å². The molecule has 0 aliphatic heterocycles. The summed E-state index contributed by atoms with van der Waals surface area (Å²) in [5, 5.41) is 3.36. The summed E-state index contributed by atoms with van der Waals surface area (Å²) in [7, 11) is 2.10. The van der Waals surface area contributed by atoms with Gasteiger partial charge >= 0.3 is 0 Å². The van der Waals surface area contributed by atoms with E-state index in [1.807, 2.05) is 0 Å². The summed E-state index contributed by atoms with van der Waals surface area (Å²) in [6.07, 6.45) is 1.14. The lowest BCUT2D eigenvalue weighted by Crippen LogP contribution is -2.16. The molecule has 1 N–H and O–H groups in total. The fourth-order valence-corrected chi connectivity index (χ4v) is 2.49. The molecule has 0 radical (unpaired) electrons. The minimum Gasteiger partial charge on any atom is -0.463 e. The van der Waals surface area contributed by atoms with Crippen molar-refractivity contribution in [2.75, 3.05) is 18.5 Å². The third kappa shape index (κ3) is 4.64. The van der Waals surface area contributed by atoms with Crippen LogP contribution in [0.25, 0.3) is 0 Å². The highest BCUT2D eigenvalue weighted by Crippen LogP contribution is 2.20. The highest BCUT2D eigenvalue weighted by atomic mass is 16.3. The van der Waals surface area contributed by atoms with Crippen LogP contribution in [0.5, 0.6) is 0 Å². The lowest BCUT2D eigenvalue weighted by Gasteiger charge is -2.19. The average molecular weight is 286 g/mol. The van der Waals surface area contributed by atoms with Crippen LogP contribution in [0.15, 0.2) is 34.7 Å². The number of hydrogen-bond acceptors (Lipinski definition) is 3. The van der Waals surface area contributed by atoms with Crippen molar-refractivity contribution in [2.45, 2.75) is 40.3 Å². The number of furan rings is 1. The summed E-state index contributed by atoms with van der Waals surface area (Å²) in [4.78, 5) is 2.22. The molecule has 0 bridgehead atoms. The van der Waals surface area contributed by atoms with Crippen LogP contribution in [-0.4, -0.2) is 13.6 Å². The van der Waals surface area contributed by atoms with E-state index in [2.05, 4.69) is 68.4 Å². The van der Waals surface area contributed by atoms with Crippen molar-refractivity contribution in [1.82, 2.24) is 5.32 Å². The zero-order chi connectivity index (χ0) is 15.2. The number of anilines is 1. The Morgan fingerprint density at radius 3 is 2.38 bits per heavy atom. The van der Waals surface area contributed by atoms with Gasteiger partial charge in [-0.1, -0.05) is 13.0 Å². The van der Waals surface area contributed by atoms with Crippen molar-refractivity contribution < 1.29 is 4.42 Å². The lowest BCUT2D eigenvalue weighted by atomic mass is 10.1. The standard InChI is InChI=1S/C18H26N2O/c1-5-8-19-12-17-6-7-18(21-17)13-20(4)16-10-14(2)9-15(3)11-16/h6-7,9-11,19H,5,8,12-13H2,1-4H3. The van der Waals surface area contributed by atoms with E-state index in [-0.39, 0.29) is 0 Å². The van der Waals surface area contributed by atoms with E-state index in [0.717, 1.165) is 37.6 Å². The van der Waals surface area contributed by atoms with Gasteiger partial charge in [0.2, 0.25) is 0 Å². The molecular formula is C18H26N2O. The Morgan fingerprint density at radius 2 is 1.71 bits per heavy atom. The van der Waals surface area contributed by atoms with E-state index in [9.17, 15) is 0 Å². The molecule has 0 saturated heterocycles. The largest absolute Gasteiger partial charge is 0.463 e. The maximum Gasteiger partial charge on any atom is 0.123 e. The summed E-state index contributed by atoms with van der Waals surface area (Å²) in [6.45, 7) is 9.05. The third-order valence-electron chi connectivity index (χ3n) is 3.48. The Labute approximate surface area is 128 Å². The molecule has 0 saturated carbocycles. The molecule has 0 spiro atoms. The van der Waals surface area contributed by atoms with Crippen LogP contribution < -0.4 is 10.2 Å². The molecule has 1 aromatic heterocycles. The number of rotatable bonds is 7. The van der Waals surface area contributed by atoms with Gasteiger partial charge in [0, 0.05) is 12.7 Å². The van der Waals surface area contributed by atoms with Gasteiger partial charge in [0.25, 0.3) is 0 Å². The fourth-order valence-electron chi connectivity index (χ4n) is 2.49. The predicted molar refractivity (Wildman–Crippen MR) is 88.7 cm³/mol. The summed E-state index contributed by atoms with van der Waals surface area (Å²) >= 11 is 0. The lowest BCUT2D eigenvalue weighted by molar-refractivity contribution is 0.446. The molecule has 0 aliphatic carbocycles. The number of hydrogen-bond donors (Lipinski definition) is 1. The highest BCUT2D eigenvalue weighted by molar-refractivity contribution is 5.50. The predicted octanol–water partition coefficient (Wildman–Crippen LogP) is 4.03. The molecular weight excluding hydrogens is 260 g/mol. The Kier molecular flexibility index (Phi) is 5.45. The van der Waals surface area contributed by atoms with E-state index in [4.69, 9.17) is 4.42 Å². The second-order valence-electron chi connectivity index (χ2n) is 5.75. The number of aryl methyl sites for hydroxylation is 2. The normalized spacial score (nSPS) is 10.9. The van der Waals surface area contributed by atoms with Crippen molar-refractivity contribution in [2.24, 2.45) is 0 Å². The Hall–Kier alpha value is -1.74. The first-order valence-electron chi connectivity index (χ1n) is 7.66. The van der Waals surface area contributed by atoms with Gasteiger partial charge in [-0.05, 0) is 62.2 Å². The molecule has 0 amide bonds. The van der Waals surface area contributed by atoms with Crippen molar-refractivity contribution in [3.8, 4) is 0 Å². The third-order valence-corrected chi connectivity index (χ3v) is 3.48. The van der Waals surface area contributed by atoms with Crippen LogP contribution >= 0.6 is 0 Å². The van der Waals surface area contributed by atoms with E-state index >= 15 is 0 Å². The van der Waals surface area contributed by atoms with Gasteiger partial charge in [-0.15, -0.1) is 0 Å². The zero-order valence-electron chi connectivity index (χ0n) is 13.6. The Balaban J connectivity index is 1.97. The summed E-state index contributed by atoms with van der Waals surface area (Å²) in [6, 6.07) is 10.7. The van der Waals surface area contributed by atoms with Crippen molar-refractivity contribution in [1.29, 1.82) is 0 Å². The molecule has 2 rings (SSSR count). The first kappa shape index (κ1) is 15.6. The molecule has 3 heteroatoms. The maximum atomic E-state index is 5.88. The second-order valence-corrected chi connectivity index (χ2v) is 5.75. The number of nitrogens with one attached hydrogen (secondary N) is 1. The minimum absolute atomic E-state index is 0.788. The van der Waals surface area contributed by atoms with Crippen molar-refractivity contribution in [3.63, 3.8) is 0 Å². The Bertz CT molecular complexity index is 554. The van der Waals surface area contributed by atoms with Crippen molar-refractivity contribution in [3.05, 3.63) is 53.0 Å². The van der Waals surface area contributed by atoms with Crippen LogP contribution in [0.2, 0.25) is 0 Å². The first-order valence-corrected chi connectivity index (χ1v) is 7.66. The van der Waals surface area contributed by atoms with Gasteiger partial charge in [0.05, 0.1) is 13.1 Å². The fraction of sp³-hybridized carbons (Fsp3) is 0.444.